The molecular weight excluding hydrogens is 158 g/mol. The molecule has 3 atom stereocenters. The van der Waals surface area contributed by atoms with E-state index in [9.17, 15) is 0 Å². The van der Waals surface area contributed by atoms with Crippen LogP contribution in [-0.4, -0.2) is 6.54 Å². The molecule has 0 bridgehead atoms. The first-order chi connectivity index (χ1) is 6.31. The monoisotopic (exact) mass is 181 g/mol. The second-order valence-electron chi connectivity index (χ2n) is 5.25. The van der Waals surface area contributed by atoms with Crippen molar-refractivity contribution in [3.05, 3.63) is 0 Å². The van der Waals surface area contributed by atoms with Crippen molar-refractivity contribution < 1.29 is 0 Å². The van der Waals surface area contributed by atoms with Gasteiger partial charge in [0.05, 0.1) is 0 Å². The van der Waals surface area contributed by atoms with E-state index in [0.29, 0.717) is 0 Å². The predicted octanol–water partition coefficient (Wildman–Crippen LogP) is 2.80. The summed E-state index contributed by atoms with van der Waals surface area (Å²) in [4.78, 5) is 0. The highest BCUT2D eigenvalue weighted by atomic mass is 14.6. The van der Waals surface area contributed by atoms with E-state index in [4.69, 9.17) is 5.73 Å². The molecule has 2 saturated carbocycles. The normalized spacial score (nSPS) is 41.5. The van der Waals surface area contributed by atoms with Crippen LogP contribution in [0.5, 0.6) is 0 Å². The maximum atomic E-state index is 5.74. The molecule has 0 spiro atoms. The van der Waals surface area contributed by atoms with Gasteiger partial charge in [0.2, 0.25) is 0 Å². The molecule has 0 amide bonds. The third-order valence-electron chi connectivity index (χ3n) is 4.45. The van der Waals surface area contributed by atoms with E-state index in [0.717, 1.165) is 30.2 Å². The van der Waals surface area contributed by atoms with Gasteiger partial charge in [0.15, 0.2) is 0 Å². The Hall–Kier alpha value is -0.0400. The summed E-state index contributed by atoms with van der Waals surface area (Å²) in [7, 11) is 0. The summed E-state index contributed by atoms with van der Waals surface area (Å²) < 4.78 is 0. The highest BCUT2D eigenvalue weighted by molar-refractivity contribution is 4.88. The minimum atomic E-state index is 0.769. The van der Waals surface area contributed by atoms with E-state index in [1.165, 1.54) is 38.5 Å². The van der Waals surface area contributed by atoms with E-state index in [-0.39, 0.29) is 0 Å². The summed E-state index contributed by atoms with van der Waals surface area (Å²) in [5.74, 6) is 3.88. The summed E-state index contributed by atoms with van der Waals surface area (Å²) in [5.41, 5.74) is 5.74. The molecule has 2 rings (SSSR count). The minimum absolute atomic E-state index is 0.769. The average Bonchev–Trinajstić information content (AvgIpc) is 2.59. The molecule has 1 nitrogen and oxygen atoms in total. The lowest BCUT2D eigenvalue weighted by molar-refractivity contribution is 0.277. The molecule has 2 fully saturated rings. The van der Waals surface area contributed by atoms with E-state index in [1.54, 1.807) is 0 Å². The van der Waals surface area contributed by atoms with Crippen LogP contribution < -0.4 is 5.73 Å². The molecule has 0 heterocycles. The van der Waals surface area contributed by atoms with Crippen molar-refractivity contribution in [2.75, 3.05) is 6.54 Å². The van der Waals surface area contributed by atoms with Gasteiger partial charge in [0, 0.05) is 0 Å². The third-order valence-corrected chi connectivity index (χ3v) is 4.45. The van der Waals surface area contributed by atoms with E-state index in [2.05, 4.69) is 6.92 Å². The van der Waals surface area contributed by atoms with E-state index < -0.39 is 0 Å². The highest BCUT2D eigenvalue weighted by Crippen LogP contribution is 2.47. The molecule has 13 heavy (non-hydrogen) atoms. The first-order valence-corrected chi connectivity index (χ1v) is 6.01. The Kier molecular flexibility index (Phi) is 2.92. The van der Waals surface area contributed by atoms with Gasteiger partial charge in [-0.2, -0.15) is 0 Å². The van der Waals surface area contributed by atoms with Crippen molar-refractivity contribution in [2.45, 2.75) is 45.4 Å². The zero-order chi connectivity index (χ0) is 9.26. The van der Waals surface area contributed by atoms with Crippen molar-refractivity contribution in [1.29, 1.82) is 0 Å². The fraction of sp³-hybridized carbons (Fsp3) is 1.00. The number of hydrogen-bond donors (Lipinski definition) is 1. The maximum Gasteiger partial charge on any atom is -0.00489 e. The summed E-state index contributed by atoms with van der Waals surface area (Å²) in [6, 6.07) is 0. The van der Waals surface area contributed by atoms with Gasteiger partial charge in [0.25, 0.3) is 0 Å². The lowest BCUT2D eigenvalue weighted by Crippen LogP contribution is -2.18. The van der Waals surface area contributed by atoms with Crippen LogP contribution in [0.1, 0.15) is 45.4 Å². The van der Waals surface area contributed by atoms with Crippen molar-refractivity contribution in [2.24, 2.45) is 29.4 Å². The molecule has 0 aromatic heterocycles. The fourth-order valence-corrected chi connectivity index (χ4v) is 3.44. The average molecular weight is 181 g/mol. The van der Waals surface area contributed by atoms with Crippen molar-refractivity contribution in [1.82, 2.24) is 0 Å². The predicted molar refractivity (Wildman–Crippen MR) is 56.4 cm³/mol. The maximum absolute atomic E-state index is 5.74. The summed E-state index contributed by atoms with van der Waals surface area (Å²) >= 11 is 0. The summed E-state index contributed by atoms with van der Waals surface area (Å²) in [6.45, 7) is 3.23. The van der Waals surface area contributed by atoms with Gasteiger partial charge in [-0.3, -0.25) is 0 Å². The van der Waals surface area contributed by atoms with Crippen molar-refractivity contribution in [3.8, 4) is 0 Å². The molecule has 3 unspecified atom stereocenters. The van der Waals surface area contributed by atoms with E-state index in [1.807, 2.05) is 0 Å². The summed E-state index contributed by atoms with van der Waals surface area (Å²) in [6.07, 6.45) is 8.98. The van der Waals surface area contributed by atoms with Gasteiger partial charge >= 0.3 is 0 Å². The highest BCUT2D eigenvalue weighted by Gasteiger charge is 2.37. The van der Waals surface area contributed by atoms with Crippen molar-refractivity contribution in [3.63, 3.8) is 0 Å². The van der Waals surface area contributed by atoms with Crippen LogP contribution in [0.2, 0.25) is 0 Å². The van der Waals surface area contributed by atoms with Crippen LogP contribution in [0, 0.1) is 23.7 Å². The topological polar surface area (TPSA) is 26.0 Å². The quantitative estimate of drug-likeness (QED) is 0.696. The SMILES string of the molecule is CC(CN)C1CC2CCCCC2C1. The molecule has 2 aliphatic carbocycles. The number of nitrogens with two attached hydrogens (primary N) is 1. The van der Waals surface area contributed by atoms with Gasteiger partial charge in [-0.1, -0.05) is 32.6 Å². The van der Waals surface area contributed by atoms with Crippen LogP contribution >= 0.6 is 0 Å². The zero-order valence-electron chi connectivity index (χ0n) is 8.84. The Bertz CT molecular complexity index is 153. The molecule has 0 saturated heterocycles. The molecule has 0 aliphatic heterocycles. The van der Waals surface area contributed by atoms with Gasteiger partial charge in [0.1, 0.15) is 0 Å². The number of fused-ring (bicyclic) bond motifs is 1. The minimum Gasteiger partial charge on any atom is -0.330 e. The van der Waals surface area contributed by atoms with E-state index >= 15 is 0 Å². The Morgan fingerprint density at radius 2 is 1.69 bits per heavy atom. The first kappa shape index (κ1) is 9.51. The molecule has 0 aromatic rings. The molecule has 1 heteroatoms. The zero-order valence-corrected chi connectivity index (χ0v) is 8.84. The van der Waals surface area contributed by atoms with Crippen LogP contribution in [-0.2, 0) is 0 Å². The molecule has 2 N–H and O–H groups in total. The standard InChI is InChI=1S/C12H23N/c1-9(8-13)12-6-10-4-2-3-5-11(10)7-12/h9-12H,2-8,13H2,1H3. The molecule has 76 valence electrons. The second kappa shape index (κ2) is 4.00. The third kappa shape index (κ3) is 1.90. The van der Waals surface area contributed by atoms with Gasteiger partial charge in [-0.05, 0) is 43.1 Å². The van der Waals surface area contributed by atoms with Crippen LogP contribution in [0.4, 0.5) is 0 Å². The molecule has 0 radical (unpaired) electrons. The summed E-state index contributed by atoms with van der Waals surface area (Å²) in [5, 5.41) is 0. The Balaban J connectivity index is 1.91. The van der Waals surface area contributed by atoms with Crippen LogP contribution in [0.25, 0.3) is 0 Å². The first-order valence-electron chi connectivity index (χ1n) is 6.01. The van der Waals surface area contributed by atoms with Crippen LogP contribution in [0.15, 0.2) is 0 Å². The number of rotatable bonds is 2. The smallest absolute Gasteiger partial charge is 0.00489 e. The molecular formula is C12H23N. The van der Waals surface area contributed by atoms with Crippen LogP contribution in [0.3, 0.4) is 0 Å². The Labute approximate surface area is 82.1 Å². The Morgan fingerprint density at radius 1 is 1.15 bits per heavy atom. The lowest BCUT2D eigenvalue weighted by atomic mass is 9.82. The Morgan fingerprint density at radius 3 is 2.15 bits per heavy atom. The molecule has 2 aliphatic rings. The fourth-order valence-electron chi connectivity index (χ4n) is 3.44. The second-order valence-corrected chi connectivity index (χ2v) is 5.25. The van der Waals surface area contributed by atoms with Crippen molar-refractivity contribution >= 4 is 0 Å². The van der Waals surface area contributed by atoms with Gasteiger partial charge in [-0.15, -0.1) is 0 Å². The van der Waals surface area contributed by atoms with Gasteiger partial charge < -0.3 is 5.73 Å². The lowest BCUT2D eigenvalue weighted by Gasteiger charge is -2.24. The largest absolute Gasteiger partial charge is 0.330 e. The molecule has 0 aromatic carbocycles. The number of hydrogen-bond acceptors (Lipinski definition) is 1. The van der Waals surface area contributed by atoms with Gasteiger partial charge in [-0.25, -0.2) is 0 Å².